The summed E-state index contributed by atoms with van der Waals surface area (Å²) in [7, 11) is 0. The molecule has 1 N–H and O–H groups in total. The first-order valence-corrected chi connectivity index (χ1v) is 14.9. The first kappa shape index (κ1) is 29.8. The summed E-state index contributed by atoms with van der Waals surface area (Å²) < 4.78 is 16.8. The number of aromatic nitrogens is 5. The number of carboxylic acid groups (broad SMARTS) is 1. The fraction of sp³-hybridized carbons (Fsp3) is 0.216. The average Bonchev–Trinajstić information content (AvgIpc) is 3.41. The van der Waals surface area contributed by atoms with Gasteiger partial charge in [0.15, 0.2) is 11.5 Å². The van der Waals surface area contributed by atoms with Crippen LogP contribution in [-0.4, -0.2) is 35.8 Å². The van der Waals surface area contributed by atoms with E-state index in [2.05, 4.69) is 46.4 Å². The van der Waals surface area contributed by atoms with Crippen LogP contribution in [0.15, 0.2) is 116 Å². The van der Waals surface area contributed by atoms with Gasteiger partial charge >= 0.3 is 5.97 Å². The number of hydrogen-bond acceptors (Lipinski definition) is 5. The smallest absolute Gasteiger partial charge is 0.303 e. The molecule has 3 aromatic carbocycles. The Morgan fingerprint density at radius 1 is 0.844 bits per heavy atom. The van der Waals surface area contributed by atoms with Crippen LogP contribution in [0.3, 0.4) is 0 Å². The van der Waals surface area contributed by atoms with E-state index in [9.17, 15) is 14.3 Å². The number of rotatable bonds is 9. The number of hydrogen-bond donors (Lipinski definition) is 1. The van der Waals surface area contributed by atoms with Gasteiger partial charge in [-0.05, 0) is 46.6 Å². The Labute approximate surface area is 261 Å². The van der Waals surface area contributed by atoms with Gasteiger partial charge < -0.3 is 5.11 Å². The molecule has 0 saturated heterocycles. The first-order valence-electron chi connectivity index (χ1n) is 14.9. The van der Waals surface area contributed by atoms with Gasteiger partial charge in [0.05, 0.1) is 11.6 Å². The van der Waals surface area contributed by atoms with E-state index in [-0.39, 0.29) is 17.8 Å². The molecular weight excluding hydrogens is 565 g/mol. The molecule has 226 valence electrons. The highest BCUT2D eigenvalue weighted by Crippen LogP contribution is 2.43. The summed E-state index contributed by atoms with van der Waals surface area (Å²) in [5.74, 6) is -1.20. The summed E-state index contributed by atoms with van der Waals surface area (Å²) in [5, 5.41) is 15.2. The second-order valence-electron chi connectivity index (χ2n) is 12.3. The summed E-state index contributed by atoms with van der Waals surface area (Å²) in [5.41, 5.74) is 3.13. The summed E-state index contributed by atoms with van der Waals surface area (Å²) in [6.45, 7) is 6.09. The van der Waals surface area contributed by atoms with Gasteiger partial charge in [-0.15, -0.1) is 0 Å². The highest BCUT2D eigenvalue weighted by molar-refractivity contribution is 5.90. The molecule has 3 aromatic heterocycles. The summed E-state index contributed by atoms with van der Waals surface area (Å²) in [4.78, 5) is 25.7. The van der Waals surface area contributed by atoms with Crippen molar-refractivity contribution < 1.29 is 14.3 Å². The van der Waals surface area contributed by atoms with Crippen LogP contribution in [0.4, 0.5) is 4.39 Å². The zero-order valence-electron chi connectivity index (χ0n) is 25.4. The van der Waals surface area contributed by atoms with Gasteiger partial charge in [-0.1, -0.05) is 112 Å². The monoisotopic (exact) mass is 599 g/mol. The van der Waals surface area contributed by atoms with Crippen molar-refractivity contribution >= 4 is 17.0 Å². The third-order valence-corrected chi connectivity index (χ3v) is 8.41. The van der Waals surface area contributed by atoms with Crippen LogP contribution in [-0.2, 0) is 16.8 Å². The lowest BCUT2D eigenvalue weighted by molar-refractivity contribution is -0.139. The Morgan fingerprint density at radius 2 is 1.40 bits per heavy atom. The standard InChI is InChI=1S/C37H34FN5O2/c1-36(2,3)28(22-32(44)45)21-30-19-20-39-34(41-30)33-31-23-29(38)24-40-35(31)43(42-33)37(25-13-7-4-8-14-25,26-15-9-5-10-16-26)27-17-11-6-12-18-27/h4-20,23-24,28H,21-22H2,1-3H3,(H,44,45)/t28-/m1/s1. The largest absolute Gasteiger partial charge is 0.481 e. The molecule has 0 aliphatic heterocycles. The van der Waals surface area contributed by atoms with E-state index in [0.717, 1.165) is 16.7 Å². The van der Waals surface area contributed by atoms with Crippen molar-refractivity contribution in [3.8, 4) is 11.5 Å². The average molecular weight is 600 g/mol. The van der Waals surface area contributed by atoms with Crippen molar-refractivity contribution in [2.75, 3.05) is 0 Å². The maximum absolute atomic E-state index is 14.9. The van der Waals surface area contributed by atoms with E-state index < -0.39 is 17.3 Å². The van der Waals surface area contributed by atoms with Gasteiger partial charge in [0, 0.05) is 18.3 Å². The van der Waals surface area contributed by atoms with Gasteiger partial charge in [-0.2, -0.15) is 5.10 Å². The third-order valence-electron chi connectivity index (χ3n) is 8.41. The molecule has 1 atom stereocenters. The highest BCUT2D eigenvalue weighted by Gasteiger charge is 2.41. The lowest BCUT2D eigenvalue weighted by Crippen LogP contribution is -2.38. The molecule has 3 heterocycles. The van der Waals surface area contributed by atoms with E-state index >= 15 is 0 Å². The van der Waals surface area contributed by atoms with E-state index in [1.165, 1.54) is 12.3 Å². The van der Waals surface area contributed by atoms with E-state index in [4.69, 9.17) is 10.1 Å². The van der Waals surface area contributed by atoms with Gasteiger partial charge in [0.1, 0.15) is 17.1 Å². The number of halogens is 1. The van der Waals surface area contributed by atoms with Crippen molar-refractivity contribution in [3.63, 3.8) is 0 Å². The molecule has 0 fully saturated rings. The van der Waals surface area contributed by atoms with Crippen LogP contribution in [0.2, 0.25) is 0 Å². The van der Waals surface area contributed by atoms with Gasteiger partial charge in [0.2, 0.25) is 0 Å². The number of carboxylic acids is 1. The fourth-order valence-corrected chi connectivity index (χ4v) is 6.05. The number of benzene rings is 3. The molecule has 0 aliphatic carbocycles. The number of aliphatic carboxylic acids is 1. The Hall–Kier alpha value is -5.24. The molecule has 0 bridgehead atoms. The van der Waals surface area contributed by atoms with E-state index in [0.29, 0.717) is 34.7 Å². The van der Waals surface area contributed by atoms with Crippen LogP contribution >= 0.6 is 0 Å². The van der Waals surface area contributed by atoms with Crippen LogP contribution in [0.1, 0.15) is 49.6 Å². The molecule has 7 nitrogen and oxygen atoms in total. The van der Waals surface area contributed by atoms with E-state index in [1.807, 2.05) is 80.1 Å². The zero-order chi connectivity index (χ0) is 31.6. The fourth-order valence-electron chi connectivity index (χ4n) is 6.05. The Balaban J connectivity index is 1.62. The maximum atomic E-state index is 14.9. The molecular formula is C37H34FN5O2. The lowest BCUT2D eigenvalue weighted by atomic mass is 9.76. The highest BCUT2D eigenvalue weighted by atomic mass is 19.1. The summed E-state index contributed by atoms with van der Waals surface area (Å²) in [6.07, 6.45) is 3.31. The molecule has 0 unspecified atom stereocenters. The molecule has 0 radical (unpaired) electrons. The predicted molar refractivity (Wildman–Crippen MR) is 172 cm³/mol. The minimum Gasteiger partial charge on any atom is -0.481 e. The molecule has 0 amide bonds. The van der Waals surface area contributed by atoms with Crippen molar-refractivity contribution in [3.05, 3.63) is 144 Å². The molecule has 45 heavy (non-hydrogen) atoms. The first-order chi connectivity index (χ1) is 21.7. The maximum Gasteiger partial charge on any atom is 0.303 e. The summed E-state index contributed by atoms with van der Waals surface area (Å²) in [6, 6.07) is 33.4. The number of pyridine rings is 1. The quantitative estimate of drug-likeness (QED) is 0.173. The molecule has 6 aromatic rings. The molecule has 0 saturated carbocycles. The van der Waals surface area contributed by atoms with Crippen LogP contribution in [0.5, 0.6) is 0 Å². The van der Waals surface area contributed by atoms with Crippen LogP contribution in [0.25, 0.3) is 22.6 Å². The van der Waals surface area contributed by atoms with Crippen molar-refractivity contribution in [1.82, 2.24) is 24.7 Å². The normalized spacial score (nSPS) is 12.7. The number of carbonyl (C=O) groups is 1. The Kier molecular flexibility index (Phi) is 7.97. The third kappa shape index (κ3) is 5.71. The zero-order valence-corrected chi connectivity index (χ0v) is 25.4. The second kappa shape index (κ2) is 12.0. The predicted octanol–water partition coefficient (Wildman–Crippen LogP) is 7.55. The second-order valence-corrected chi connectivity index (χ2v) is 12.3. The molecule has 0 aliphatic rings. The molecule has 6 rings (SSSR count). The van der Waals surface area contributed by atoms with Crippen molar-refractivity contribution in [2.24, 2.45) is 11.3 Å². The topological polar surface area (TPSA) is 93.8 Å². The minimum atomic E-state index is -0.985. The van der Waals surface area contributed by atoms with E-state index in [1.54, 1.807) is 12.3 Å². The van der Waals surface area contributed by atoms with Crippen molar-refractivity contribution in [1.29, 1.82) is 0 Å². The SMILES string of the molecule is CC(C)(C)[C@@H](CC(=O)O)Cc1ccnc(-c2nn(C(c3ccccc3)(c3ccccc3)c3ccccc3)c3ncc(F)cc23)n1. The molecule has 0 spiro atoms. The Morgan fingerprint density at radius 3 is 1.91 bits per heavy atom. The Bertz CT molecular complexity index is 1840. The minimum absolute atomic E-state index is 0.0171. The number of nitrogens with zero attached hydrogens (tertiary/aromatic N) is 5. The number of fused-ring (bicyclic) bond motifs is 1. The van der Waals surface area contributed by atoms with Gasteiger partial charge in [-0.25, -0.2) is 24.0 Å². The van der Waals surface area contributed by atoms with Gasteiger partial charge in [-0.3, -0.25) is 4.79 Å². The lowest BCUT2D eigenvalue weighted by Gasteiger charge is -2.36. The van der Waals surface area contributed by atoms with Crippen LogP contribution < -0.4 is 0 Å². The van der Waals surface area contributed by atoms with Crippen molar-refractivity contribution in [2.45, 2.75) is 39.2 Å². The molecule has 8 heteroatoms. The summed E-state index contributed by atoms with van der Waals surface area (Å²) >= 11 is 0. The van der Waals surface area contributed by atoms with Gasteiger partial charge in [0.25, 0.3) is 0 Å². The van der Waals surface area contributed by atoms with Crippen LogP contribution in [0, 0.1) is 17.2 Å².